The molecule has 0 aliphatic heterocycles. The first-order valence-corrected chi connectivity index (χ1v) is 4.62. The molecule has 1 saturated carbocycles. The van der Waals surface area contributed by atoms with Gasteiger partial charge in [0.15, 0.2) is 11.5 Å². The number of imidazole rings is 1. The summed E-state index contributed by atoms with van der Waals surface area (Å²) in [6.07, 6.45) is 5.38. The quantitative estimate of drug-likeness (QED) is 0.740. The second kappa shape index (κ2) is 2.33. The number of hydrogen-bond donors (Lipinski definition) is 1. The largest absolute Gasteiger partial charge is 0.320 e. The van der Waals surface area contributed by atoms with Gasteiger partial charge >= 0.3 is 0 Å². The number of halogens is 1. The van der Waals surface area contributed by atoms with E-state index in [0.29, 0.717) is 5.65 Å². The normalized spacial score (nSPS) is 18.7. The molecule has 0 saturated heterocycles. The SMILES string of the molecule is NC1(c2cnc3c(F)cccn23)CC1. The molecule has 72 valence electrons. The number of aromatic nitrogens is 2. The van der Waals surface area contributed by atoms with Crippen LogP contribution in [0.15, 0.2) is 24.5 Å². The summed E-state index contributed by atoms with van der Waals surface area (Å²) >= 11 is 0. The van der Waals surface area contributed by atoms with E-state index in [9.17, 15) is 4.39 Å². The van der Waals surface area contributed by atoms with Crippen LogP contribution in [0.2, 0.25) is 0 Å². The second-order valence-corrected chi connectivity index (χ2v) is 3.85. The first-order chi connectivity index (χ1) is 6.71. The fourth-order valence-electron chi connectivity index (χ4n) is 1.74. The molecule has 0 spiro atoms. The molecule has 0 radical (unpaired) electrons. The zero-order valence-electron chi connectivity index (χ0n) is 7.57. The average molecular weight is 191 g/mol. The van der Waals surface area contributed by atoms with E-state index in [1.807, 2.05) is 0 Å². The summed E-state index contributed by atoms with van der Waals surface area (Å²) in [5.41, 5.74) is 7.04. The lowest BCUT2D eigenvalue weighted by Gasteiger charge is -2.07. The van der Waals surface area contributed by atoms with E-state index in [1.54, 1.807) is 22.9 Å². The van der Waals surface area contributed by atoms with Crippen LogP contribution in [0.5, 0.6) is 0 Å². The molecular weight excluding hydrogens is 181 g/mol. The van der Waals surface area contributed by atoms with Crippen LogP contribution in [-0.2, 0) is 5.54 Å². The van der Waals surface area contributed by atoms with Gasteiger partial charge in [-0.3, -0.25) is 4.40 Å². The third-order valence-corrected chi connectivity index (χ3v) is 2.79. The van der Waals surface area contributed by atoms with Crippen molar-refractivity contribution in [1.82, 2.24) is 9.38 Å². The van der Waals surface area contributed by atoms with Gasteiger partial charge in [-0.15, -0.1) is 0 Å². The van der Waals surface area contributed by atoms with Crippen molar-refractivity contribution in [2.45, 2.75) is 18.4 Å². The Labute approximate surface area is 80.4 Å². The highest BCUT2D eigenvalue weighted by atomic mass is 19.1. The Morgan fingerprint density at radius 1 is 1.50 bits per heavy atom. The van der Waals surface area contributed by atoms with Crippen LogP contribution < -0.4 is 5.73 Å². The van der Waals surface area contributed by atoms with Gasteiger partial charge in [-0.25, -0.2) is 9.37 Å². The summed E-state index contributed by atoms with van der Waals surface area (Å²) in [7, 11) is 0. The van der Waals surface area contributed by atoms with Crippen LogP contribution >= 0.6 is 0 Å². The standard InChI is InChI=1S/C10H10FN3/c11-7-2-1-5-14-8(6-13-9(7)14)10(12)3-4-10/h1-2,5-6H,3-4,12H2. The number of pyridine rings is 1. The van der Waals surface area contributed by atoms with E-state index in [1.165, 1.54) is 6.07 Å². The van der Waals surface area contributed by atoms with Crippen molar-refractivity contribution in [3.8, 4) is 0 Å². The fraction of sp³-hybridized carbons (Fsp3) is 0.300. The number of nitrogens with zero attached hydrogens (tertiary/aromatic N) is 2. The van der Waals surface area contributed by atoms with Crippen LogP contribution in [-0.4, -0.2) is 9.38 Å². The van der Waals surface area contributed by atoms with Crippen molar-refractivity contribution in [2.24, 2.45) is 5.73 Å². The summed E-state index contributed by atoms with van der Waals surface area (Å²) < 4.78 is 15.0. The molecule has 1 aliphatic rings. The van der Waals surface area contributed by atoms with E-state index in [2.05, 4.69) is 4.98 Å². The lowest BCUT2D eigenvalue weighted by Crippen LogP contribution is -2.20. The third-order valence-electron chi connectivity index (χ3n) is 2.79. The zero-order chi connectivity index (χ0) is 9.76. The van der Waals surface area contributed by atoms with Crippen molar-refractivity contribution >= 4 is 5.65 Å². The van der Waals surface area contributed by atoms with Crippen LogP contribution in [0.25, 0.3) is 5.65 Å². The number of fused-ring (bicyclic) bond motifs is 1. The predicted octanol–water partition coefficient (Wildman–Crippen LogP) is 1.42. The minimum Gasteiger partial charge on any atom is -0.320 e. The van der Waals surface area contributed by atoms with E-state index < -0.39 is 0 Å². The summed E-state index contributed by atoms with van der Waals surface area (Å²) in [5, 5.41) is 0. The summed E-state index contributed by atoms with van der Waals surface area (Å²) in [6, 6.07) is 3.07. The highest BCUT2D eigenvalue weighted by Crippen LogP contribution is 2.42. The molecule has 2 heterocycles. The van der Waals surface area contributed by atoms with Crippen molar-refractivity contribution < 1.29 is 4.39 Å². The molecule has 1 aliphatic carbocycles. The van der Waals surface area contributed by atoms with Crippen molar-refractivity contribution in [3.05, 3.63) is 36.0 Å². The van der Waals surface area contributed by atoms with Gasteiger partial charge in [-0.2, -0.15) is 0 Å². The Morgan fingerprint density at radius 3 is 3.00 bits per heavy atom. The van der Waals surface area contributed by atoms with Gasteiger partial charge in [0.1, 0.15) is 0 Å². The smallest absolute Gasteiger partial charge is 0.173 e. The Hall–Kier alpha value is -1.42. The molecule has 0 aromatic carbocycles. The molecule has 4 heteroatoms. The maximum Gasteiger partial charge on any atom is 0.173 e. The molecule has 3 nitrogen and oxygen atoms in total. The lowest BCUT2D eigenvalue weighted by atomic mass is 10.2. The van der Waals surface area contributed by atoms with Gasteiger partial charge in [0.2, 0.25) is 0 Å². The first-order valence-electron chi connectivity index (χ1n) is 4.62. The molecule has 0 amide bonds. The Balaban J connectivity index is 2.32. The summed E-state index contributed by atoms with van der Waals surface area (Å²) in [6.45, 7) is 0. The van der Waals surface area contributed by atoms with E-state index in [0.717, 1.165) is 18.5 Å². The molecule has 2 N–H and O–H groups in total. The van der Waals surface area contributed by atoms with Crippen molar-refractivity contribution in [3.63, 3.8) is 0 Å². The Bertz CT molecular complexity index is 499. The minimum absolute atomic E-state index is 0.271. The van der Waals surface area contributed by atoms with E-state index in [-0.39, 0.29) is 11.4 Å². The van der Waals surface area contributed by atoms with Gasteiger partial charge in [0, 0.05) is 6.20 Å². The summed E-state index contributed by atoms with van der Waals surface area (Å²) in [5.74, 6) is -0.303. The highest BCUT2D eigenvalue weighted by molar-refractivity contribution is 5.44. The Morgan fingerprint density at radius 2 is 2.29 bits per heavy atom. The molecule has 1 fully saturated rings. The minimum atomic E-state index is -0.303. The van der Waals surface area contributed by atoms with Crippen LogP contribution in [0, 0.1) is 5.82 Å². The van der Waals surface area contributed by atoms with E-state index in [4.69, 9.17) is 5.73 Å². The van der Waals surface area contributed by atoms with Gasteiger partial charge in [0.25, 0.3) is 0 Å². The lowest BCUT2D eigenvalue weighted by molar-refractivity contribution is 0.626. The number of hydrogen-bond acceptors (Lipinski definition) is 2. The number of nitrogens with two attached hydrogens (primary N) is 1. The zero-order valence-corrected chi connectivity index (χ0v) is 7.57. The molecule has 3 rings (SSSR count). The topological polar surface area (TPSA) is 43.3 Å². The second-order valence-electron chi connectivity index (χ2n) is 3.85. The third kappa shape index (κ3) is 0.915. The average Bonchev–Trinajstić information content (AvgIpc) is 2.77. The van der Waals surface area contributed by atoms with Crippen LogP contribution in [0.4, 0.5) is 4.39 Å². The Kier molecular flexibility index (Phi) is 1.32. The highest BCUT2D eigenvalue weighted by Gasteiger charge is 2.42. The molecule has 0 bridgehead atoms. The molecule has 14 heavy (non-hydrogen) atoms. The van der Waals surface area contributed by atoms with Crippen LogP contribution in [0.3, 0.4) is 0 Å². The van der Waals surface area contributed by atoms with Crippen LogP contribution in [0.1, 0.15) is 18.5 Å². The predicted molar refractivity (Wildman–Crippen MR) is 50.2 cm³/mol. The maximum absolute atomic E-state index is 13.3. The fourth-order valence-corrected chi connectivity index (χ4v) is 1.74. The van der Waals surface area contributed by atoms with Gasteiger partial charge in [-0.05, 0) is 25.0 Å². The van der Waals surface area contributed by atoms with Gasteiger partial charge < -0.3 is 5.73 Å². The molecular formula is C10H10FN3. The van der Waals surface area contributed by atoms with Crippen molar-refractivity contribution in [2.75, 3.05) is 0 Å². The molecule has 0 unspecified atom stereocenters. The van der Waals surface area contributed by atoms with Gasteiger partial charge in [0.05, 0.1) is 17.4 Å². The molecule has 0 atom stereocenters. The maximum atomic E-state index is 13.3. The monoisotopic (exact) mass is 191 g/mol. The molecule has 2 aromatic rings. The van der Waals surface area contributed by atoms with Gasteiger partial charge in [-0.1, -0.05) is 0 Å². The van der Waals surface area contributed by atoms with E-state index >= 15 is 0 Å². The first kappa shape index (κ1) is 7.94. The van der Waals surface area contributed by atoms with Crippen molar-refractivity contribution in [1.29, 1.82) is 0 Å². The summed E-state index contributed by atoms with van der Waals surface area (Å²) in [4.78, 5) is 4.03. The number of rotatable bonds is 1. The molecule has 2 aromatic heterocycles.